The van der Waals surface area contributed by atoms with Crippen LogP contribution in [0.25, 0.3) is 0 Å². The minimum Gasteiger partial charge on any atom is -0.330 e. The van der Waals surface area contributed by atoms with Crippen molar-refractivity contribution in [3.05, 3.63) is 35.4 Å². The van der Waals surface area contributed by atoms with Gasteiger partial charge in [-0.2, -0.15) is 0 Å². The summed E-state index contributed by atoms with van der Waals surface area (Å²) in [6, 6.07) is 8.48. The fraction of sp³-hybridized carbons (Fsp3) is 0.500. The number of benzene rings is 1. The number of Topliss-reactive ketones (excluding diaryl/α,β-unsaturated/α-hetero) is 1. The first kappa shape index (κ1) is 14.8. The van der Waals surface area contributed by atoms with E-state index in [1.165, 1.54) is 11.1 Å². The summed E-state index contributed by atoms with van der Waals surface area (Å²) in [6.07, 6.45) is 2.15. The number of rotatable bonds is 4. The summed E-state index contributed by atoms with van der Waals surface area (Å²) in [5.74, 6) is 0.315. The van der Waals surface area contributed by atoms with E-state index in [9.17, 15) is 4.79 Å². The van der Waals surface area contributed by atoms with Crippen LogP contribution in [0.2, 0.25) is 0 Å². The maximum Gasteiger partial charge on any atom is 0.132 e. The Morgan fingerprint density at radius 2 is 1.56 bits per heavy atom. The first-order valence-corrected chi connectivity index (χ1v) is 5.85. The van der Waals surface area contributed by atoms with Gasteiger partial charge in [0, 0.05) is 12.8 Å². The van der Waals surface area contributed by atoms with Gasteiger partial charge >= 0.3 is 0 Å². The van der Waals surface area contributed by atoms with Gasteiger partial charge in [0.2, 0.25) is 0 Å². The molecule has 2 nitrogen and oxygen atoms in total. The maximum atomic E-state index is 10.5. The molecular weight excluding hydrogens is 198 g/mol. The molecular formula is C14H23NO. The number of carbonyl (C=O) groups excluding carboxylic acids is 1. The van der Waals surface area contributed by atoms with Crippen molar-refractivity contribution in [1.29, 1.82) is 0 Å². The Hall–Kier alpha value is -1.15. The van der Waals surface area contributed by atoms with Crippen LogP contribution in [0.3, 0.4) is 0 Å². The molecule has 1 aromatic rings. The van der Waals surface area contributed by atoms with Crippen LogP contribution in [-0.2, 0) is 4.79 Å². The molecule has 0 unspecified atom stereocenters. The molecule has 0 heterocycles. The molecule has 0 atom stereocenters. The minimum absolute atomic E-state index is 0.315. The molecule has 16 heavy (non-hydrogen) atoms. The number of hydrogen-bond donors (Lipinski definition) is 1. The lowest BCUT2D eigenvalue weighted by Crippen LogP contribution is -2.02. The van der Waals surface area contributed by atoms with E-state index < -0.39 is 0 Å². The zero-order chi connectivity index (χ0) is 12.4. The lowest BCUT2D eigenvalue weighted by Gasteiger charge is -1.91. The van der Waals surface area contributed by atoms with Crippen molar-refractivity contribution >= 4 is 5.78 Å². The van der Waals surface area contributed by atoms with E-state index in [2.05, 4.69) is 38.1 Å². The second kappa shape index (κ2) is 9.10. The number of aryl methyl sites for hydroxylation is 2. The molecule has 0 radical (unpaired) electrons. The van der Waals surface area contributed by atoms with Crippen molar-refractivity contribution in [3.8, 4) is 0 Å². The molecule has 0 amide bonds. The van der Waals surface area contributed by atoms with Gasteiger partial charge in [-0.05, 0) is 26.8 Å². The summed E-state index contributed by atoms with van der Waals surface area (Å²) in [5.41, 5.74) is 7.84. The molecule has 0 fully saturated rings. The van der Waals surface area contributed by atoms with Gasteiger partial charge in [0.15, 0.2) is 0 Å². The topological polar surface area (TPSA) is 43.1 Å². The van der Waals surface area contributed by atoms with Crippen molar-refractivity contribution in [3.63, 3.8) is 0 Å². The van der Waals surface area contributed by atoms with Crippen molar-refractivity contribution in [1.82, 2.24) is 0 Å². The first-order valence-electron chi connectivity index (χ1n) is 5.85. The van der Waals surface area contributed by atoms with Crippen molar-refractivity contribution < 1.29 is 4.79 Å². The standard InChI is InChI=1S/C8H10.C6H13NO/c1-7-3-5-8(2)6-4-7;1-2-6(8)4-3-5-7/h3-6H,1-2H3;2-5,7H2,1H3. The molecule has 0 aliphatic carbocycles. The van der Waals surface area contributed by atoms with Gasteiger partial charge in [-0.1, -0.05) is 42.3 Å². The molecule has 1 aromatic carbocycles. The van der Waals surface area contributed by atoms with E-state index in [1.54, 1.807) is 0 Å². The highest BCUT2D eigenvalue weighted by Gasteiger charge is 1.93. The number of ketones is 1. The highest BCUT2D eigenvalue weighted by atomic mass is 16.1. The SMILES string of the molecule is CCC(=O)CCCN.Cc1ccc(C)cc1. The van der Waals surface area contributed by atoms with E-state index in [0.29, 0.717) is 25.2 Å². The Labute approximate surface area is 98.9 Å². The Morgan fingerprint density at radius 3 is 1.88 bits per heavy atom. The van der Waals surface area contributed by atoms with Crippen LogP contribution in [0.1, 0.15) is 37.3 Å². The summed E-state index contributed by atoms with van der Waals surface area (Å²) >= 11 is 0. The molecule has 2 heteroatoms. The number of carbonyl (C=O) groups is 1. The third-order valence-corrected chi connectivity index (χ3v) is 2.27. The van der Waals surface area contributed by atoms with Crippen LogP contribution in [0.5, 0.6) is 0 Å². The van der Waals surface area contributed by atoms with E-state index in [4.69, 9.17) is 5.73 Å². The second-order valence-electron chi connectivity index (χ2n) is 3.94. The monoisotopic (exact) mass is 221 g/mol. The largest absolute Gasteiger partial charge is 0.330 e. The Bertz CT molecular complexity index is 269. The Kier molecular flexibility index (Phi) is 8.45. The summed E-state index contributed by atoms with van der Waals surface area (Å²) in [5, 5.41) is 0. The fourth-order valence-electron chi connectivity index (χ4n) is 1.11. The van der Waals surface area contributed by atoms with Gasteiger partial charge in [0.25, 0.3) is 0 Å². The van der Waals surface area contributed by atoms with Crippen LogP contribution >= 0.6 is 0 Å². The number of nitrogens with two attached hydrogens (primary N) is 1. The quantitative estimate of drug-likeness (QED) is 0.849. The van der Waals surface area contributed by atoms with Gasteiger partial charge in [-0.15, -0.1) is 0 Å². The molecule has 0 aliphatic heterocycles. The molecule has 0 aromatic heterocycles. The molecule has 0 saturated carbocycles. The average molecular weight is 221 g/mol. The zero-order valence-electron chi connectivity index (χ0n) is 10.6. The van der Waals surface area contributed by atoms with E-state index >= 15 is 0 Å². The van der Waals surface area contributed by atoms with Gasteiger partial charge in [0.05, 0.1) is 0 Å². The molecule has 90 valence electrons. The number of hydrogen-bond acceptors (Lipinski definition) is 2. The van der Waals surface area contributed by atoms with Crippen LogP contribution in [0.15, 0.2) is 24.3 Å². The van der Waals surface area contributed by atoms with Gasteiger partial charge in [-0.25, -0.2) is 0 Å². The van der Waals surface area contributed by atoms with Crippen molar-refractivity contribution in [2.24, 2.45) is 5.73 Å². The first-order chi connectivity index (χ1) is 7.60. The lowest BCUT2D eigenvalue weighted by atomic mass is 10.2. The molecule has 0 bridgehead atoms. The fourth-order valence-corrected chi connectivity index (χ4v) is 1.11. The predicted molar refractivity (Wildman–Crippen MR) is 69.5 cm³/mol. The minimum atomic E-state index is 0.315. The van der Waals surface area contributed by atoms with E-state index in [-0.39, 0.29) is 0 Å². The van der Waals surface area contributed by atoms with E-state index in [0.717, 1.165) is 6.42 Å². The zero-order valence-corrected chi connectivity index (χ0v) is 10.6. The predicted octanol–water partition coefficient (Wildman–Crippen LogP) is 3.01. The highest BCUT2D eigenvalue weighted by Crippen LogP contribution is 1.99. The Balaban J connectivity index is 0.000000281. The normalized spacial score (nSPS) is 9.25. The highest BCUT2D eigenvalue weighted by molar-refractivity contribution is 5.77. The lowest BCUT2D eigenvalue weighted by molar-refractivity contribution is -0.118. The van der Waals surface area contributed by atoms with Crippen LogP contribution < -0.4 is 5.73 Å². The Morgan fingerprint density at radius 1 is 1.12 bits per heavy atom. The van der Waals surface area contributed by atoms with E-state index in [1.807, 2.05) is 6.92 Å². The summed E-state index contributed by atoms with van der Waals surface area (Å²) in [7, 11) is 0. The molecule has 0 saturated heterocycles. The van der Waals surface area contributed by atoms with Crippen LogP contribution in [0.4, 0.5) is 0 Å². The van der Waals surface area contributed by atoms with Gasteiger partial charge < -0.3 is 5.73 Å². The average Bonchev–Trinajstić information content (AvgIpc) is 2.30. The summed E-state index contributed by atoms with van der Waals surface area (Å²) in [4.78, 5) is 10.5. The molecule has 0 aliphatic rings. The maximum absolute atomic E-state index is 10.5. The molecule has 0 spiro atoms. The van der Waals surface area contributed by atoms with Crippen LogP contribution in [0, 0.1) is 13.8 Å². The summed E-state index contributed by atoms with van der Waals surface area (Å²) < 4.78 is 0. The van der Waals surface area contributed by atoms with Crippen LogP contribution in [-0.4, -0.2) is 12.3 Å². The third kappa shape index (κ3) is 8.18. The van der Waals surface area contributed by atoms with Crippen molar-refractivity contribution in [2.45, 2.75) is 40.0 Å². The second-order valence-corrected chi connectivity index (χ2v) is 3.94. The van der Waals surface area contributed by atoms with Gasteiger partial charge in [-0.3, -0.25) is 4.79 Å². The smallest absolute Gasteiger partial charge is 0.132 e. The van der Waals surface area contributed by atoms with Gasteiger partial charge in [0.1, 0.15) is 5.78 Å². The third-order valence-electron chi connectivity index (χ3n) is 2.27. The van der Waals surface area contributed by atoms with Crippen molar-refractivity contribution in [2.75, 3.05) is 6.54 Å². The summed E-state index contributed by atoms with van der Waals surface area (Å²) in [6.45, 7) is 6.70. The molecule has 1 rings (SSSR count). The molecule has 2 N–H and O–H groups in total.